The van der Waals surface area contributed by atoms with Gasteiger partial charge < -0.3 is 4.74 Å². The zero-order valence-corrected chi connectivity index (χ0v) is 15.8. The number of nitrogens with zero attached hydrogens (tertiary/aromatic N) is 3. The van der Waals surface area contributed by atoms with Crippen molar-refractivity contribution in [3.05, 3.63) is 50.7 Å². The van der Waals surface area contributed by atoms with Crippen molar-refractivity contribution in [2.75, 3.05) is 33.3 Å². The second-order valence-electron chi connectivity index (χ2n) is 5.85. The SMILES string of the molecule is COc1cc([N+](=O)[O-])ccc1S(=O)(=O)N1CCN(Cc2cccs2)CC1. The van der Waals surface area contributed by atoms with Gasteiger partial charge in [0.25, 0.3) is 5.69 Å². The van der Waals surface area contributed by atoms with E-state index in [1.54, 1.807) is 11.3 Å². The summed E-state index contributed by atoms with van der Waals surface area (Å²) >= 11 is 1.68. The molecule has 10 heteroatoms. The average molecular weight is 397 g/mol. The normalized spacial score (nSPS) is 16.5. The van der Waals surface area contributed by atoms with Crippen LogP contribution in [-0.4, -0.2) is 55.8 Å². The zero-order valence-electron chi connectivity index (χ0n) is 14.2. The standard InChI is InChI=1S/C16H19N3O5S2/c1-24-15-11-13(19(20)21)4-5-16(15)26(22,23)18-8-6-17(7-9-18)12-14-3-2-10-25-14/h2-5,10-11H,6-9,12H2,1H3. The molecule has 1 fully saturated rings. The van der Waals surface area contributed by atoms with Crippen LogP contribution >= 0.6 is 11.3 Å². The van der Waals surface area contributed by atoms with E-state index in [0.29, 0.717) is 26.2 Å². The lowest BCUT2D eigenvalue weighted by Crippen LogP contribution is -2.48. The van der Waals surface area contributed by atoms with Gasteiger partial charge in [-0.1, -0.05) is 6.07 Å². The number of benzene rings is 1. The summed E-state index contributed by atoms with van der Waals surface area (Å²) < 4.78 is 32.4. The molecule has 8 nitrogen and oxygen atoms in total. The van der Waals surface area contributed by atoms with Crippen molar-refractivity contribution in [3.8, 4) is 5.75 Å². The van der Waals surface area contributed by atoms with Gasteiger partial charge in [-0.25, -0.2) is 8.42 Å². The smallest absolute Gasteiger partial charge is 0.273 e. The monoisotopic (exact) mass is 397 g/mol. The first kappa shape index (κ1) is 18.8. The molecule has 26 heavy (non-hydrogen) atoms. The second kappa shape index (κ2) is 7.70. The van der Waals surface area contributed by atoms with Crippen LogP contribution in [-0.2, 0) is 16.6 Å². The number of non-ortho nitro benzene ring substituents is 1. The Bertz CT molecular complexity index is 875. The van der Waals surface area contributed by atoms with E-state index in [1.165, 1.54) is 28.4 Å². The minimum atomic E-state index is -3.77. The average Bonchev–Trinajstić information content (AvgIpc) is 3.14. The highest BCUT2D eigenvalue weighted by molar-refractivity contribution is 7.89. The molecule has 1 aliphatic heterocycles. The lowest BCUT2D eigenvalue weighted by Gasteiger charge is -2.33. The van der Waals surface area contributed by atoms with E-state index < -0.39 is 14.9 Å². The van der Waals surface area contributed by atoms with Gasteiger partial charge in [-0.15, -0.1) is 11.3 Å². The first-order chi connectivity index (χ1) is 12.4. The number of methoxy groups -OCH3 is 1. The largest absolute Gasteiger partial charge is 0.495 e. The predicted molar refractivity (Wildman–Crippen MR) is 98.0 cm³/mol. The number of piperazine rings is 1. The van der Waals surface area contributed by atoms with Gasteiger partial charge in [0.2, 0.25) is 10.0 Å². The minimum absolute atomic E-state index is 0.0137. The van der Waals surface area contributed by atoms with Crippen LogP contribution in [0.25, 0.3) is 0 Å². The number of ether oxygens (including phenoxy) is 1. The van der Waals surface area contributed by atoms with Crippen LogP contribution in [0.2, 0.25) is 0 Å². The van der Waals surface area contributed by atoms with Gasteiger partial charge in [-0.2, -0.15) is 4.31 Å². The topological polar surface area (TPSA) is 93.0 Å². The van der Waals surface area contributed by atoms with E-state index in [4.69, 9.17) is 4.74 Å². The van der Waals surface area contributed by atoms with Gasteiger partial charge in [0.1, 0.15) is 10.6 Å². The molecule has 0 radical (unpaired) electrons. The van der Waals surface area contributed by atoms with Crippen LogP contribution < -0.4 is 4.74 Å². The lowest BCUT2D eigenvalue weighted by atomic mass is 10.3. The van der Waals surface area contributed by atoms with Crippen LogP contribution in [0.4, 0.5) is 5.69 Å². The minimum Gasteiger partial charge on any atom is -0.495 e. The van der Waals surface area contributed by atoms with Crippen LogP contribution in [0.5, 0.6) is 5.75 Å². The van der Waals surface area contributed by atoms with Crippen LogP contribution in [0, 0.1) is 10.1 Å². The summed E-state index contributed by atoms with van der Waals surface area (Å²) in [5.74, 6) is -0.0137. The first-order valence-electron chi connectivity index (χ1n) is 7.99. The van der Waals surface area contributed by atoms with Gasteiger partial charge in [0, 0.05) is 43.7 Å². The number of thiophene rings is 1. The number of sulfonamides is 1. The van der Waals surface area contributed by atoms with Crippen molar-refractivity contribution in [1.82, 2.24) is 9.21 Å². The van der Waals surface area contributed by atoms with Crippen molar-refractivity contribution in [2.24, 2.45) is 0 Å². The third-order valence-corrected chi connectivity index (χ3v) is 7.07. The summed E-state index contributed by atoms with van der Waals surface area (Å²) in [4.78, 5) is 13.7. The summed E-state index contributed by atoms with van der Waals surface area (Å²) in [6.07, 6.45) is 0. The third kappa shape index (κ3) is 3.88. The molecule has 1 aromatic carbocycles. The van der Waals surface area contributed by atoms with Crippen molar-refractivity contribution < 1.29 is 18.1 Å². The number of nitro benzene ring substituents is 1. The Balaban J connectivity index is 1.74. The van der Waals surface area contributed by atoms with Gasteiger partial charge in [-0.3, -0.25) is 15.0 Å². The quantitative estimate of drug-likeness (QED) is 0.548. The molecule has 0 saturated carbocycles. The van der Waals surface area contributed by atoms with Gasteiger partial charge >= 0.3 is 0 Å². The molecule has 0 amide bonds. The fourth-order valence-electron chi connectivity index (χ4n) is 2.87. The summed E-state index contributed by atoms with van der Waals surface area (Å²) in [5.41, 5.74) is -0.207. The molecule has 0 aliphatic carbocycles. The van der Waals surface area contributed by atoms with E-state index in [1.807, 2.05) is 11.4 Å². The molecule has 1 aliphatic rings. The van der Waals surface area contributed by atoms with E-state index in [9.17, 15) is 18.5 Å². The number of hydrogen-bond donors (Lipinski definition) is 0. The maximum absolute atomic E-state index is 12.9. The summed E-state index contributed by atoms with van der Waals surface area (Å²) in [5, 5.41) is 12.9. The molecule has 0 N–H and O–H groups in total. The molecule has 0 atom stereocenters. The van der Waals surface area contributed by atoms with Crippen LogP contribution in [0.3, 0.4) is 0 Å². The van der Waals surface area contributed by atoms with E-state index >= 15 is 0 Å². The Morgan fingerprint density at radius 1 is 1.23 bits per heavy atom. The first-order valence-corrected chi connectivity index (χ1v) is 10.3. The van der Waals surface area contributed by atoms with Crippen molar-refractivity contribution in [1.29, 1.82) is 0 Å². The zero-order chi connectivity index (χ0) is 18.7. The highest BCUT2D eigenvalue weighted by Gasteiger charge is 2.31. The number of rotatable bonds is 6. The van der Waals surface area contributed by atoms with Gasteiger partial charge in [0.15, 0.2) is 0 Å². The third-order valence-electron chi connectivity index (χ3n) is 4.27. The van der Waals surface area contributed by atoms with E-state index in [0.717, 1.165) is 12.6 Å². The Hall–Kier alpha value is -2.01. The van der Waals surface area contributed by atoms with E-state index in [-0.39, 0.29) is 16.3 Å². The Morgan fingerprint density at radius 2 is 1.96 bits per heavy atom. The fraction of sp³-hybridized carbons (Fsp3) is 0.375. The maximum atomic E-state index is 12.9. The predicted octanol–water partition coefficient (Wildman–Crippen LogP) is 2.17. The maximum Gasteiger partial charge on any atom is 0.273 e. The lowest BCUT2D eigenvalue weighted by molar-refractivity contribution is -0.385. The number of hydrogen-bond acceptors (Lipinski definition) is 7. The van der Waals surface area contributed by atoms with Gasteiger partial charge in [-0.05, 0) is 17.5 Å². The van der Waals surface area contributed by atoms with Crippen molar-refractivity contribution >= 4 is 27.0 Å². The molecule has 0 unspecified atom stereocenters. The highest BCUT2D eigenvalue weighted by Crippen LogP contribution is 2.31. The van der Waals surface area contributed by atoms with E-state index in [2.05, 4.69) is 11.0 Å². The molecule has 0 spiro atoms. The molecule has 2 heterocycles. The molecule has 1 aromatic heterocycles. The Labute approximate surface area is 155 Å². The molecule has 3 rings (SSSR count). The molecule has 1 saturated heterocycles. The molecular formula is C16H19N3O5S2. The number of nitro groups is 1. The van der Waals surface area contributed by atoms with Crippen molar-refractivity contribution in [2.45, 2.75) is 11.4 Å². The van der Waals surface area contributed by atoms with Crippen LogP contribution in [0.15, 0.2) is 40.6 Å². The summed E-state index contributed by atoms with van der Waals surface area (Å²) in [6.45, 7) is 2.81. The van der Waals surface area contributed by atoms with Gasteiger partial charge in [0.05, 0.1) is 18.1 Å². The molecule has 0 bridgehead atoms. The summed E-state index contributed by atoms with van der Waals surface area (Å²) in [7, 11) is -2.47. The Kier molecular flexibility index (Phi) is 5.56. The van der Waals surface area contributed by atoms with Crippen LogP contribution in [0.1, 0.15) is 4.88 Å². The summed E-state index contributed by atoms with van der Waals surface area (Å²) in [6, 6.07) is 7.63. The molecular weight excluding hydrogens is 378 g/mol. The fourth-order valence-corrected chi connectivity index (χ4v) is 5.18. The molecule has 2 aromatic rings. The Morgan fingerprint density at radius 3 is 2.54 bits per heavy atom. The highest BCUT2D eigenvalue weighted by atomic mass is 32.2. The second-order valence-corrected chi connectivity index (χ2v) is 8.79. The molecule has 140 valence electrons. The van der Waals surface area contributed by atoms with Crippen molar-refractivity contribution in [3.63, 3.8) is 0 Å².